The van der Waals surface area contributed by atoms with E-state index >= 15 is 0 Å². The van der Waals surface area contributed by atoms with Crippen molar-refractivity contribution in [3.05, 3.63) is 0 Å². The molecule has 0 radical (unpaired) electrons. The van der Waals surface area contributed by atoms with Crippen molar-refractivity contribution in [1.82, 2.24) is 10.6 Å². The van der Waals surface area contributed by atoms with Crippen LogP contribution in [-0.4, -0.2) is 49.3 Å². The molecule has 15 heavy (non-hydrogen) atoms. The molecule has 1 saturated heterocycles. The molecule has 88 valence electrons. The summed E-state index contributed by atoms with van der Waals surface area (Å²) in [6, 6.07) is 0. The molecule has 1 unspecified atom stereocenters. The fourth-order valence-electron chi connectivity index (χ4n) is 1.22. The van der Waals surface area contributed by atoms with Gasteiger partial charge < -0.3 is 15.4 Å². The maximum absolute atomic E-state index is 11.7. The Hall–Kier alpha value is -0.260. The number of nitrogens with one attached hydrogen (secondary N) is 2. The Morgan fingerprint density at radius 2 is 2.40 bits per heavy atom. The topological polar surface area (TPSA) is 50.4 Å². The third-order valence-corrected chi connectivity index (χ3v) is 3.71. The van der Waals surface area contributed by atoms with Gasteiger partial charge in [0.1, 0.15) is 6.10 Å². The van der Waals surface area contributed by atoms with Crippen molar-refractivity contribution < 1.29 is 9.53 Å². The molecule has 0 aromatic heterocycles. The van der Waals surface area contributed by atoms with Crippen LogP contribution >= 0.6 is 11.8 Å². The SMILES string of the molecule is CSC(C)(C)CNC(=O)C1CNCCO1. The highest BCUT2D eigenvalue weighted by molar-refractivity contribution is 7.99. The number of carbonyl (C=O) groups excluding carboxylic acids is 1. The summed E-state index contributed by atoms with van der Waals surface area (Å²) in [6.45, 7) is 6.96. The fourth-order valence-corrected chi connectivity index (χ4v) is 1.44. The first-order chi connectivity index (χ1) is 7.05. The number of amides is 1. The molecule has 5 heteroatoms. The van der Waals surface area contributed by atoms with Crippen molar-refractivity contribution in [2.24, 2.45) is 0 Å². The first-order valence-electron chi connectivity index (χ1n) is 5.20. The van der Waals surface area contributed by atoms with Gasteiger partial charge >= 0.3 is 0 Å². The fraction of sp³-hybridized carbons (Fsp3) is 0.900. The van der Waals surface area contributed by atoms with Gasteiger partial charge in [-0.2, -0.15) is 11.8 Å². The smallest absolute Gasteiger partial charge is 0.250 e. The van der Waals surface area contributed by atoms with Crippen LogP contribution in [-0.2, 0) is 9.53 Å². The van der Waals surface area contributed by atoms with Crippen molar-refractivity contribution in [3.63, 3.8) is 0 Å². The number of rotatable bonds is 4. The second-order valence-electron chi connectivity index (χ2n) is 4.25. The van der Waals surface area contributed by atoms with Crippen LogP contribution in [0, 0.1) is 0 Å². The lowest BCUT2D eigenvalue weighted by molar-refractivity contribution is -0.134. The minimum absolute atomic E-state index is 0.00988. The molecular formula is C10H20N2O2S. The third-order valence-electron chi connectivity index (χ3n) is 2.46. The zero-order valence-electron chi connectivity index (χ0n) is 9.63. The molecule has 1 fully saturated rings. The molecule has 1 rings (SSSR count). The number of ether oxygens (including phenoxy) is 1. The van der Waals surface area contributed by atoms with Crippen LogP contribution in [0.15, 0.2) is 0 Å². The monoisotopic (exact) mass is 232 g/mol. The lowest BCUT2D eigenvalue weighted by Crippen LogP contribution is -2.49. The Kier molecular flexibility index (Phi) is 4.89. The summed E-state index contributed by atoms with van der Waals surface area (Å²) >= 11 is 1.74. The van der Waals surface area contributed by atoms with Gasteiger partial charge in [0, 0.05) is 24.4 Å². The standard InChI is InChI=1S/C10H20N2O2S/c1-10(2,15-3)7-12-9(13)8-6-11-4-5-14-8/h8,11H,4-7H2,1-3H3,(H,12,13). The normalized spacial score (nSPS) is 22.5. The van der Waals surface area contributed by atoms with Gasteiger partial charge in [0.15, 0.2) is 0 Å². The van der Waals surface area contributed by atoms with E-state index < -0.39 is 0 Å². The van der Waals surface area contributed by atoms with Gasteiger partial charge in [-0.05, 0) is 20.1 Å². The molecule has 1 amide bonds. The predicted molar refractivity (Wildman–Crippen MR) is 63.2 cm³/mol. The van der Waals surface area contributed by atoms with E-state index in [0.29, 0.717) is 19.7 Å². The summed E-state index contributed by atoms with van der Waals surface area (Å²) in [7, 11) is 0. The molecule has 0 aromatic rings. The summed E-state index contributed by atoms with van der Waals surface area (Å²) in [5, 5.41) is 6.05. The van der Waals surface area contributed by atoms with E-state index in [2.05, 4.69) is 24.5 Å². The molecule has 0 saturated carbocycles. The molecule has 4 nitrogen and oxygen atoms in total. The van der Waals surface area contributed by atoms with Crippen molar-refractivity contribution in [2.75, 3.05) is 32.5 Å². The average molecular weight is 232 g/mol. The Balaban J connectivity index is 2.28. The Morgan fingerprint density at radius 1 is 1.67 bits per heavy atom. The Morgan fingerprint density at radius 3 is 2.93 bits per heavy atom. The molecule has 1 heterocycles. The van der Waals surface area contributed by atoms with Gasteiger partial charge in [0.05, 0.1) is 6.61 Å². The number of carbonyl (C=O) groups is 1. The van der Waals surface area contributed by atoms with Crippen LogP contribution in [0.1, 0.15) is 13.8 Å². The predicted octanol–water partition coefficient (Wildman–Crippen LogP) is 0.233. The summed E-state index contributed by atoms with van der Waals surface area (Å²) in [6.07, 6.45) is 1.72. The van der Waals surface area contributed by atoms with E-state index in [1.807, 2.05) is 6.26 Å². The molecule has 2 N–H and O–H groups in total. The van der Waals surface area contributed by atoms with Gasteiger partial charge in [-0.25, -0.2) is 0 Å². The number of hydrogen-bond donors (Lipinski definition) is 2. The molecule has 1 atom stereocenters. The Bertz CT molecular complexity index is 215. The van der Waals surface area contributed by atoms with Gasteiger partial charge in [-0.1, -0.05) is 0 Å². The lowest BCUT2D eigenvalue weighted by Gasteiger charge is -2.26. The van der Waals surface area contributed by atoms with E-state index in [-0.39, 0.29) is 16.8 Å². The summed E-state index contributed by atoms with van der Waals surface area (Å²) in [5.41, 5.74) is 0. The molecule has 0 aliphatic carbocycles. The van der Waals surface area contributed by atoms with Gasteiger partial charge in [-0.3, -0.25) is 4.79 Å². The highest BCUT2D eigenvalue weighted by atomic mass is 32.2. The van der Waals surface area contributed by atoms with Crippen molar-refractivity contribution in [2.45, 2.75) is 24.7 Å². The first-order valence-corrected chi connectivity index (χ1v) is 6.43. The Labute approximate surface area is 95.5 Å². The minimum atomic E-state index is -0.323. The maximum Gasteiger partial charge on any atom is 0.250 e. The molecule has 1 aliphatic rings. The number of hydrogen-bond acceptors (Lipinski definition) is 4. The highest BCUT2D eigenvalue weighted by Crippen LogP contribution is 2.19. The van der Waals surface area contributed by atoms with Gasteiger partial charge in [0.25, 0.3) is 5.91 Å². The van der Waals surface area contributed by atoms with Crippen LogP contribution in [0.2, 0.25) is 0 Å². The van der Waals surface area contributed by atoms with E-state index in [1.165, 1.54) is 0 Å². The lowest BCUT2D eigenvalue weighted by atomic mass is 10.2. The molecule has 1 aliphatic heterocycles. The van der Waals surface area contributed by atoms with Crippen molar-refractivity contribution in [3.8, 4) is 0 Å². The van der Waals surface area contributed by atoms with Crippen LogP contribution in [0.5, 0.6) is 0 Å². The van der Waals surface area contributed by atoms with Crippen molar-refractivity contribution >= 4 is 17.7 Å². The average Bonchev–Trinajstić information content (AvgIpc) is 2.27. The van der Waals surface area contributed by atoms with Crippen LogP contribution < -0.4 is 10.6 Å². The van der Waals surface area contributed by atoms with E-state index in [0.717, 1.165) is 6.54 Å². The number of thioether (sulfide) groups is 1. The quantitative estimate of drug-likeness (QED) is 0.729. The van der Waals surface area contributed by atoms with Crippen LogP contribution in [0.3, 0.4) is 0 Å². The second kappa shape index (κ2) is 5.72. The van der Waals surface area contributed by atoms with E-state index in [9.17, 15) is 4.79 Å². The molecule has 0 aromatic carbocycles. The highest BCUT2D eigenvalue weighted by Gasteiger charge is 2.24. The molecule has 0 spiro atoms. The first kappa shape index (κ1) is 12.8. The van der Waals surface area contributed by atoms with Crippen molar-refractivity contribution in [1.29, 1.82) is 0 Å². The summed E-state index contributed by atoms with van der Waals surface area (Å²) in [5.74, 6) is -0.00988. The maximum atomic E-state index is 11.7. The van der Waals surface area contributed by atoms with E-state index in [4.69, 9.17) is 4.74 Å². The second-order valence-corrected chi connectivity index (χ2v) is 5.76. The zero-order valence-corrected chi connectivity index (χ0v) is 10.4. The summed E-state index contributed by atoms with van der Waals surface area (Å²) < 4.78 is 5.44. The van der Waals surface area contributed by atoms with Crippen LogP contribution in [0.25, 0.3) is 0 Å². The minimum Gasteiger partial charge on any atom is -0.366 e. The van der Waals surface area contributed by atoms with E-state index in [1.54, 1.807) is 11.8 Å². The van der Waals surface area contributed by atoms with Gasteiger partial charge in [0.2, 0.25) is 0 Å². The largest absolute Gasteiger partial charge is 0.366 e. The molecular weight excluding hydrogens is 212 g/mol. The third kappa shape index (κ3) is 4.40. The molecule has 0 bridgehead atoms. The number of morpholine rings is 1. The van der Waals surface area contributed by atoms with Gasteiger partial charge in [-0.15, -0.1) is 0 Å². The zero-order chi connectivity index (χ0) is 11.3. The summed E-state index contributed by atoms with van der Waals surface area (Å²) in [4.78, 5) is 11.7. The van der Waals surface area contributed by atoms with Crippen LogP contribution in [0.4, 0.5) is 0 Å².